The van der Waals surface area contributed by atoms with Gasteiger partial charge in [-0.25, -0.2) is 4.98 Å². The summed E-state index contributed by atoms with van der Waals surface area (Å²) >= 11 is 6.12. The lowest BCUT2D eigenvalue weighted by molar-refractivity contribution is 0.0860. The third kappa shape index (κ3) is 3.48. The fourth-order valence-electron chi connectivity index (χ4n) is 1.90. The smallest absolute Gasteiger partial charge is 0.166 e. The number of carbonyl (C=O) groups is 1. The van der Waals surface area contributed by atoms with Crippen LogP contribution in [0.5, 0.6) is 0 Å². The van der Waals surface area contributed by atoms with Crippen molar-refractivity contribution in [2.24, 2.45) is 0 Å². The quantitative estimate of drug-likeness (QED) is 0.463. The molecule has 4 nitrogen and oxygen atoms in total. The van der Waals surface area contributed by atoms with Crippen LogP contribution in [0, 0.1) is 0 Å². The Kier molecular flexibility index (Phi) is 4.62. The standard InChI is InChI=1S/C14H19ClN2O2Si/c1-20(2,3)7-6-19-10-17-11(9-18)8-12-13(15)4-5-16-14(12)17/h4-5,8-9H,6-7,10H2,1-3H3. The molecule has 0 saturated heterocycles. The summed E-state index contributed by atoms with van der Waals surface area (Å²) in [6, 6.07) is 4.56. The topological polar surface area (TPSA) is 44.1 Å². The van der Waals surface area contributed by atoms with Crippen molar-refractivity contribution >= 4 is 37.0 Å². The van der Waals surface area contributed by atoms with Gasteiger partial charge >= 0.3 is 0 Å². The Labute approximate surface area is 124 Å². The summed E-state index contributed by atoms with van der Waals surface area (Å²) in [5, 5.41) is 1.38. The molecule has 108 valence electrons. The van der Waals surface area contributed by atoms with E-state index in [0.29, 0.717) is 29.7 Å². The monoisotopic (exact) mass is 310 g/mol. The summed E-state index contributed by atoms with van der Waals surface area (Å²) in [7, 11) is -1.10. The molecule has 0 aliphatic heterocycles. The average molecular weight is 311 g/mol. The second-order valence-electron chi connectivity index (χ2n) is 5.99. The van der Waals surface area contributed by atoms with Gasteiger partial charge in [0, 0.05) is 26.3 Å². The molecule has 2 aromatic heterocycles. The van der Waals surface area contributed by atoms with Crippen LogP contribution in [0.3, 0.4) is 0 Å². The second kappa shape index (κ2) is 6.07. The molecular weight excluding hydrogens is 292 g/mol. The summed E-state index contributed by atoms with van der Waals surface area (Å²) in [5.41, 5.74) is 1.22. The first-order valence-electron chi connectivity index (χ1n) is 6.59. The van der Waals surface area contributed by atoms with E-state index in [2.05, 4.69) is 24.6 Å². The van der Waals surface area contributed by atoms with Crippen molar-refractivity contribution in [3.63, 3.8) is 0 Å². The Hall–Kier alpha value is -1.17. The van der Waals surface area contributed by atoms with Gasteiger partial charge in [0.25, 0.3) is 0 Å². The maximum atomic E-state index is 11.2. The van der Waals surface area contributed by atoms with E-state index < -0.39 is 8.07 Å². The van der Waals surface area contributed by atoms with Gasteiger partial charge in [0.1, 0.15) is 12.4 Å². The van der Waals surface area contributed by atoms with Crippen LogP contribution in [0.2, 0.25) is 30.7 Å². The molecule has 2 aromatic rings. The minimum atomic E-state index is -1.10. The molecule has 0 bridgehead atoms. The number of hydrogen-bond acceptors (Lipinski definition) is 3. The zero-order valence-electron chi connectivity index (χ0n) is 12.0. The highest BCUT2D eigenvalue weighted by molar-refractivity contribution is 6.76. The summed E-state index contributed by atoms with van der Waals surface area (Å²) in [6.45, 7) is 7.95. The van der Waals surface area contributed by atoms with Crippen molar-refractivity contribution in [3.8, 4) is 0 Å². The van der Waals surface area contributed by atoms with E-state index in [1.165, 1.54) is 0 Å². The molecular formula is C14H19ClN2O2Si. The average Bonchev–Trinajstić information content (AvgIpc) is 2.73. The van der Waals surface area contributed by atoms with E-state index >= 15 is 0 Å². The maximum absolute atomic E-state index is 11.2. The Morgan fingerprint density at radius 3 is 2.85 bits per heavy atom. The highest BCUT2D eigenvalue weighted by Gasteiger charge is 2.14. The molecule has 0 N–H and O–H groups in total. The normalized spacial score (nSPS) is 12.0. The Morgan fingerprint density at radius 2 is 2.20 bits per heavy atom. The van der Waals surface area contributed by atoms with Gasteiger partial charge in [0.15, 0.2) is 6.29 Å². The minimum absolute atomic E-state index is 0.329. The van der Waals surface area contributed by atoms with Crippen LogP contribution in [0.1, 0.15) is 10.5 Å². The van der Waals surface area contributed by atoms with Crippen molar-refractivity contribution in [3.05, 3.63) is 29.0 Å². The minimum Gasteiger partial charge on any atom is -0.361 e. The van der Waals surface area contributed by atoms with Crippen molar-refractivity contribution in [2.45, 2.75) is 32.4 Å². The molecule has 0 radical (unpaired) electrons. The molecule has 0 saturated carbocycles. The number of fused-ring (bicyclic) bond motifs is 1. The van der Waals surface area contributed by atoms with Crippen molar-refractivity contribution in [2.75, 3.05) is 6.61 Å². The number of nitrogens with zero attached hydrogens (tertiary/aromatic N) is 2. The maximum Gasteiger partial charge on any atom is 0.166 e. The van der Waals surface area contributed by atoms with Gasteiger partial charge in [-0.05, 0) is 18.2 Å². The molecule has 0 aromatic carbocycles. The summed E-state index contributed by atoms with van der Waals surface area (Å²) in [6.07, 6.45) is 2.44. The van der Waals surface area contributed by atoms with Crippen LogP contribution in [0.25, 0.3) is 11.0 Å². The molecule has 0 aliphatic rings. The van der Waals surface area contributed by atoms with E-state index in [-0.39, 0.29) is 0 Å². The molecule has 0 amide bonds. The fourth-order valence-corrected chi connectivity index (χ4v) is 2.86. The number of halogens is 1. The molecule has 0 unspecified atom stereocenters. The number of ether oxygens (including phenoxy) is 1. The van der Waals surface area contributed by atoms with Crippen LogP contribution in [0.15, 0.2) is 18.3 Å². The number of aromatic nitrogens is 2. The SMILES string of the molecule is C[Si](C)(C)CCOCn1c(C=O)cc2c(Cl)ccnc21. The summed E-state index contributed by atoms with van der Waals surface area (Å²) in [4.78, 5) is 15.4. The molecule has 20 heavy (non-hydrogen) atoms. The first-order valence-corrected chi connectivity index (χ1v) is 10.7. The van der Waals surface area contributed by atoms with Crippen LogP contribution in [0.4, 0.5) is 0 Å². The molecule has 6 heteroatoms. The highest BCUT2D eigenvalue weighted by atomic mass is 35.5. The Bertz CT molecular complexity index is 619. The zero-order chi connectivity index (χ0) is 14.8. The molecule has 2 heterocycles. The zero-order valence-corrected chi connectivity index (χ0v) is 13.8. The highest BCUT2D eigenvalue weighted by Crippen LogP contribution is 2.24. The van der Waals surface area contributed by atoms with Crippen LogP contribution >= 0.6 is 11.6 Å². The third-order valence-electron chi connectivity index (χ3n) is 3.11. The number of aldehydes is 1. The van der Waals surface area contributed by atoms with Gasteiger partial charge in [0.2, 0.25) is 0 Å². The van der Waals surface area contributed by atoms with Gasteiger partial charge in [0.05, 0.1) is 10.7 Å². The lowest BCUT2D eigenvalue weighted by atomic mass is 10.3. The number of rotatable bonds is 6. The number of hydrogen-bond donors (Lipinski definition) is 0. The van der Waals surface area contributed by atoms with E-state index in [1.54, 1.807) is 22.9 Å². The van der Waals surface area contributed by atoms with Crippen LogP contribution in [-0.4, -0.2) is 30.5 Å². The van der Waals surface area contributed by atoms with Crippen LogP contribution in [-0.2, 0) is 11.5 Å². The summed E-state index contributed by atoms with van der Waals surface area (Å²) in [5.74, 6) is 0. The van der Waals surface area contributed by atoms with E-state index in [9.17, 15) is 4.79 Å². The van der Waals surface area contributed by atoms with Crippen molar-refractivity contribution in [1.29, 1.82) is 0 Å². The van der Waals surface area contributed by atoms with E-state index in [0.717, 1.165) is 17.7 Å². The first-order chi connectivity index (χ1) is 9.42. The first kappa shape index (κ1) is 15.2. The van der Waals surface area contributed by atoms with Gasteiger partial charge in [-0.3, -0.25) is 9.36 Å². The molecule has 2 rings (SSSR count). The predicted octanol–water partition coefficient (Wildman–Crippen LogP) is 3.81. The second-order valence-corrected chi connectivity index (χ2v) is 12.0. The van der Waals surface area contributed by atoms with E-state index in [4.69, 9.17) is 16.3 Å². The predicted molar refractivity (Wildman–Crippen MR) is 84.2 cm³/mol. The van der Waals surface area contributed by atoms with Gasteiger partial charge < -0.3 is 4.74 Å². The van der Waals surface area contributed by atoms with Gasteiger partial charge in [-0.2, -0.15) is 0 Å². The largest absolute Gasteiger partial charge is 0.361 e. The molecule has 0 aliphatic carbocycles. The van der Waals surface area contributed by atoms with Gasteiger partial charge in [-0.1, -0.05) is 31.2 Å². The molecule has 0 spiro atoms. The Balaban J connectivity index is 2.16. The molecule has 0 atom stereocenters. The number of pyridine rings is 1. The lowest BCUT2D eigenvalue weighted by Gasteiger charge is -2.16. The van der Waals surface area contributed by atoms with E-state index in [1.807, 2.05) is 0 Å². The number of carbonyl (C=O) groups excluding carboxylic acids is 1. The van der Waals surface area contributed by atoms with Crippen LogP contribution < -0.4 is 0 Å². The molecule has 0 fully saturated rings. The third-order valence-corrected chi connectivity index (χ3v) is 5.15. The van der Waals surface area contributed by atoms with Crippen molar-refractivity contribution in [1.82, 2.24) is 9.55 Å². The van der Waals surface area contributed by atoms with Gasteiger partial charge in [-0.15, -0.1) is 0 Å². The Morgan fingerprint density at radius 1 is 1.45 bits per heavy atom. The fraction of sp³-hybridized carbons (Fsp3) is 0.429. The lowest BCUT2D eigenvalue weighted by Crippen LogP contribution is -2.22. The van der Waals surface area contributed by atoms with Crippen molar-refractivity contribution < 1.29 is 9.53 Å². The summed E-state index contributed by atoms with van der Waals surface area (Å²) < 4.78 is 7.46.